The SMILES string of the molecule is Cc1nc(N2CC3C(C2)C3(F)F)ccc1Cc1ccc(C(=O)N[C@@H]2CCc3c2ncn3C)o1. The van der Waals surface area contributed by atoms with E-state index >= 15 is 0 Å². The van der Waals surface area contributed by atoms with Crippen LogP contribution in [-0.4, -0.2) is 39.5 Å². The maximum atomic E-state index is 13.5. The van der Waals surface area contributed by atoms with Crippen molar-refractivity contribution in [1.29, 1.82) is 0 Å². The summed E-state index contributed by atoms with van der Waals surface area (Å²) in [6.07, 6.45) is 4.00. The molecule has 33 heavy (non-hydrogen) atoms. The highest BCUT2D eigenvalue weighted by atomic mass is 19.3. The number of pyridine rings is 1. The Morgan fingerprint density at radius 3 is 2.79 bits per heavy atom. The van der Waals surface area contributed by atoms with Gasteiger partial charge in [0.15, 0.2) is 5.76 Å². The molecule has 0 spiro atoms. The van der Waals surface area contributed by atoms with Crippen molar-refractivity contribution in [3.05, 3.63) is 64.8 Å². The minimum absolute atomic E-state index is 0.0992. The highest BCUT2D eigenvalue weighted by Crippen LogP contribution is 2.59. The molecule has 2 aliphatic carbocycles. The van der Waals surface area contributed by atoms with Crippen LogP contribution in [0.2, 0.25) is 0 Å². The molecule has 172 valence electrons. The molecule has 6 rings (SSSR count). The number of aromatic nitrogens is 3. The second kappa shape index (κ2) is 7.13. The Labute approximate surface area is 189 Å². The van der Waals surface area contributed by atoms with E-state index in [9.17, 15) is 13.6 Å². The first kappa shape index (κ1) is 20.4. The standard InChI is InChI=1S/C24H25F2N5O2/c1-13-14(3-8-21(28-13)31-10-16-17(11-31)24(16,25)26)9-15-4-7-20(33-15)23(32)29-18-5-6-19-22(18)27-12-30(19)2/h3-4,7-8,12,16-18H,5-6,9-11H2,1-2H3,(H,29,32)/t16?,17?,18-/m1/s1. The van der Waals surface area contributed by atoms with Gasteiger partial charge in [0.05, 0.1) is 29.9 Å². The Morgan fingerprint density at radius 2 is 2.03 bits per heavy atom. The third-order valence-corrected chi connectivity index (χ3v) is 7.35. The summed E-state index contributed by atoms with van der Waals surface area (Å²) in [5.41, 5.74) is 3.89. The number of hydrogen-bond donors (Lipinski definition) is 1. The number of rotatable bonds is 5. The van der Waals surface area contributed by atoms with E-state index < -0.39 is 17.8 Å². The summed E-state index contributed by atoms with van der Waals surface area (Å²) < 4.78 is 34.7. The topological polar surface area (TPSA) is 76.2 Å². The molecule has 0 aromatic carbocycles. The number of anilines is 1. The number of aryl methyl sites for hydroxylation is 2. The molecule has 3 aromatic rings. The zero-order valence-corrected chi connectivity index (χ0v) is 18.5. The average molecular weight is 453 g/mol. The van der Waals surface area contributed by atoms with Gasteiger partial charge in [0.2, 0.25) is 0 Å². The molecule has 1 saturated heterocycles. The lowest BCUT2D eigenvalue weighted by atomic mass is 10.1. The maximum absolute atomic E-state index is 13.5. The predicted octanol–water partition coefficient (Wildman–Crippen LogP) is 3.43. The van der Waals surface area contributed by atoms with Gasteiger partial charge in [-0.1, -0.05) is 6.07 Å². The quantitative estimate of drug-likeness (QED) is 0.641. The lowest BCUT2D eigenvalue weighted by Crippen LogP contribution is -2.28. The molecule has 9 heteroatoms. The van der Waals surface area contributed by atoms with E-state index in [0.717, 1.165) is 41.3 Å². The summed E-state index contributed by atoms with van der Waals surface area (Å²) in [5, 5.41) is 3.03. The van der Waals surface area contributed by atoms with Crippen molar-refractivity contribution in [1.82, 2.24) is 19.9 Å². The lowest BCUT2D eigenvalue weighted by Gasteiger charge is -2.21. The minimum atomic E-state index is -2.49. The summed E-state index contributed by atoms with van der Waals surface area (Å²) in [7, 11) is 1.96. The van der Waals surface area contributed by atoms with Crippen LogP contribution in [0.3, 0.4) is 0 Å². The smallest absolute Gasteiger partial charge is 0.287 e. The Bertz CT molecular complexity index is 1240. The van der Waals surface area contributed by atoms with E-state index in [1.54, 1.807) is 18.5 Å². The highest BCUT2D eigenvalue weighted by molar-refractivity contribution is 5.91. The van der Waals surface area contributed by atoms with Gasteiger partial charge in [-0.2, -0.15) is 0 Å². The molecule has 0 bridgehead atoms. The van der Waals surface area contributed by atoms with Crippen LogP contribution in [0.4, 0.5) is 14.6 Å². The highest BCUT2D eigenvalue weighted by Gasteiger charge is 2.71. The summed E-state index contributed by atoms with van der Waals surface area (Å²) in [6.45, 7) is 2.63. The number of furan rings is 1. The lowest BCUT2D eigenvalue weighted by molar-refractivity contribution is 0.0796. The second-order valence-electron chi connectivity index (χ2n) is 9.40. The fourth-order valence-electron chi connectivity index (χ4n) is 5.27. The van der Waals surface area contributed by atoms with Crippen LogP contribution in [-0.2, 0) is 19.9 Å². The van der Waals surface area contributed by atoms with Gasteiger partial charge >= 0.3 is 0 Å². The number of fused-ring (bicyclic) bond motifs is 2. The van der Waals surface area contributed by atoms with E-state index in [0.29, 0.717) is 25.3 Å². The first-order valence-corrected chi connectivity index (χ1v) is 11.3. The van der Waals surface area contributed by atoms with Crippen LogP contribution < -0.4 is 10.2 Å². The van der Waals surface area contributed by atoms with Crippen molar-refractivity contribution in [2.24, 2.45) is 18.9 Å². The normalized spacial score (nSPS) is 24.6. The van der Waals surface area contributed by atoms with E-state index in [1.807, 2.05) is 35.6 Å². The summed E-state index contributed by atoms with van der Waals surface area (Å²) in [6, 6.07) is 7.24. The molecule has 1 N–H and O–H groups in total. The largest absolute Gasteiger partial charge is 0.456 e. The number of amides is 1. The van der Waals surface area contributed by atoms with E-state index in [2.05, 4.69) is 15.3 Å². The minimum Gasteiger partial charge on any atom is -0.456 e. The monoisotopic (exact) mass is 453 g/mol. The number of piperidine rings is 1. The van der Waals surface area contributed by atoms with Gasteiger partial charge in [-0.25, -0.2) is 18.7 Å². The van der Waals surface area contributed by atoms with Crippen LogP contribution in [0.15, 0.2) is 35.0 Å². The first-order valence-electron chi connectivity index (χ1n) is 11.3. The zero-order valence-electron chi connectivity index (χ0n) is 18.5. The number of nitrogens with zero attached hydrogens (tertiary/aromatic N) is 4. The fourth-order valence-corrected chi connectivity index (χ4v) is 5.27. The third-order valence-electron chi connectivity index (χ3n) is 7.35. The number of alkyl halides is 2. The second-order valence-corrected chi connectivity index (χ2v) is 9.40. The molecule has 3 aromatic heterocycles. The van der Waals surface area contributed by atoms with Crippen LogP contribution in [0.5, 0.6) is 0 Å². The predicted molar refractivity (Wildman–Crippen MR) is 116 cm³/mol. The van der Waals surface area contributed by atoms with Crippen LogP contribution in [0.25, 0.3) is 0 Å². The fraction of sp³-hybridized carbons (Fsp3) is 0.458. The molecule has 2 unspecified atom stereocenters. The molecular formula is C24H25F2N5O2. The molecule has 2 fully saturated rings. The molecule has 1 amide bonds. The first-order chi connectivity index (χ1) is 15.8. The Hall–Kier alpha value is -3.23. The summed E-state index contributed by atoms with van der Waals surface area (Å²) in [4.78, 5) is 23.7. The van der Waals surface area contributed by atoms with Crippen molar-refractivity contribution in [3.8, 4) is 0 Å². The van der Waals surface area contributed by atoms with Gasteiger partial charge in [-0.15, -0.1) is 0 Å². The van der Waals surface area contributed by atoms with Crippen molar-refractivity contribution >= 4 is 11.7 Å². The van der Waals surface area contributed by atoms with E-state index in [1.165, 1.54) is 0 Å². The van der Waals surface area contributed by atoms with Crippen molar-refractivity contribution in [3.63, 3.8) is 0 Å². The Kier molecular flexibility index (Phi) is 4.41. The van der Waals surface area contributed by atoms with Crippen LogP contribution >= 0.6 is 0 Å². The maximum Gasteiger partial charge on any atom is 0.287 e. The van der Waals surface area contributed by atoms with Crippen molar-refractivity contribution < 1.29 is 18.0 Å². The molecular weight excluding hydrogens is 428 g/mol. The number of imidazole rings is 1. The van der Waals surface area contributed by atoms with Gasteiger partial charge in [-0.05, 0) is 43.5 Å². The summed E-state index contributed by atoms with van der Waals surface area (Å²) in [5.74, 6) is -2.12. The third kappa shape index (κ3) is 3.32. The van der Waals surface area contributed by atoms with E-state index in [4.69, 9.17) is 4.42 Å². The van der Waals surface area contributed by atoms with Gasteiger partial charge in [0.1, 0.15) is 11.6 Å². The summed E-state index contributed by atoms with van der Waals surface area (Å²) >= 11 is 0. The Balaban J connectivity index is 1.10. The van der Waals surface area contributed by atoms with Crippen molar-refractivity contribution in [2.75, 3.05) is 18.0 Å². The average Bonchev–Trinajstić information content (AvgIpc) is 3.41. The van der Waals surface area contributed by atoms with Crippen LogP contribution in [0.1, 0.15) is 51.4 Å². The number of nitrogens with one attached hydrogen (secondary N) is 1. The molecule has 3 atom stereocenters. The van der Waals surface area contributed by atoms with Gasteiger partial charge in [0, 0.05) is 37.9 Å². The number of hydrogen-bond acceptors (Lipinski definition) is 5. The van der Waals surface area contributed by atoms with Gasteiger partial charge < -0.3 is 19.2 Å². The van der Waals surface area contributed by atoms with E-state index in [-0.39, 0.29) is 17.7 Å². The Morgan fingerprint density at radius 1 is 1.24 bits per heavy atom. The zero-order chi connectivity index (χ0) is 22.9. The van der Waals surface area contributed by atoms with Gasteiger partial charge in [0.25, 0.3) is 11.8 Å². The van der Waals surface area contributed by atoms with Crippen molar-refractivity contribution in [2.45, 2.75) is 38.2 Å². The number of carbonyl (C=O) groups is 1. The number of carbonyl (C=O) groups excluding carboxylic acids is 1. The molecule has 1 aliphatic heterocycles. The molecule has 4 heterocycles. The molecule has 7 nitrogen and oxygen atoms in total. The molecule has 0 radical (unpaired) electrons. The van der Waals surface area contributed by atoms with Crippen LogP contribution in [0, 0.1) is 18.8 Å². The number of halogens is 2. The van der Waals surface area contributed by atoms with Gasteiger partial charge in [-0.3, -0.25) is 4.79 Å². The molecule has 3 aliphatic rings. The molecule has 1 saturated carbocycles.